The summed E-state index contributed by atoms with van der Waals surface area (Å²) in [6.45, 7) is 0. The number of halogens is 8. The number of nitrogens with zero attached hydrogens (tertiary/aromatic N) is 1. The summed E-state index contributed by atoms with van der Waals surface area (Å²) in [4.78, 5) is 20.4. The highest BCUT2D eigenvalue weighted by atomic mass is 19.4. The van der Waals surface area contributed by atoms with Crippen LogP contribution in [-0.4, -0.2) is 45.9 Å². The van der Waals surface area contributed by atoms with E-state index in [-0.39, 0.29) is 0 Å². The number of aliphatic carboxylic acids is 1. The van der Waals surface area contributed by atoms with Crippen LogP contribution in [0.3, 0.4) is 0 Å². The van der Waals surface area contributed by atoms with E-state index in [9.17, 15) is 44.7 Å². The summed E-state index contributed by atoms with van der Waals surface area (Å²) in [5.41, 5.74) is 0.536. The zero-order valence-electron chi connectivity index (χ0n) is 9.39. The van der Waals surface area contributed by atoms with E-state index in [2.05, 4.69) is 11.7 Å². The lowest BCUT2D eigenvalue weighted by Gasteiger charge is -2.34. The number of hydrogen-bond donors (Lipinski definition) is 4. The summed E-state index contributed by atoms with van der Waals surface area (Å²) in [5.74, 6) is -25.6. The van der Waals surface area contributed by atoms with Crippen LogP contribution in [0.4, 0.5) is 35.1 Å². The Kier molecular flexibility index (Phi) is 4.79. The van der Waals surface area contributed by atoms with Crippen molar-refractivity contribution in [2.45, 2.75) is 23.7 Å². The maximum Gasteiger partial charge on any atom is 0.410 e. The highest BCUT2D eigenvalue weighted by molar-refractivity contribution is 5.85. The largest absolute Gasteiger partial charge is 0.477 e. The Bertz CT molecular complexity index is 440. The summed E-state index contributed by atoms with van der Waals surface area (Å²) < 4.78 is 102. The lowest BCUT2D eigenvalue weighted by atomic mass is 9.98. The number of carboxylic acids is 1. The smallest absolute Gasteiger partial charge is 0.410 e. The average Bonchev–Trinajstić information content (AvgIpc) is 2.26. The molecule has 0 unspecified atom stereocenters. The van der Waals surface area contributed by atoms with Crippen molar-refractivity contribution in [2.24, 2.45) is 11.7 Å². The Labute approximate surface area is 109 Å². The predicted molar refractivity (Wildman–Crippen MR) is 45.8 cm³/mol. The van der Waals surface area contributed by atoms with Crippen molar-refractivity contribution in [3.8, 4) is 0 Å². The number of nitrogens with two attached hydrogens (primary N) is 2. The molecule has 124 valence electrons. The van der Waals surface area contributed by atoms with Gasteiger partial charge in [-0.2, -0.15) is 35.1 Å². The van der Waals surface area contributed by atoms with Crippen molar-refractivity contribution in [1.82, 2.24) is 10.7 Å². The van der Waals surface area contributed by atoms with Crippen molar-refractivity contribution in [3.63, 3.8) is 0 Å². The van der Waals surface area contributed by atoms with E-state index >= 15 is 0 Å². The molecule has 0 saturated heterocycles. The van der Waals surface area contributed by atoms with Crippen LogP contribution >= 0.6 is 0 Å². The van der Waals surface area contributed by atoms with Gasteiger partial charge in [0, 0.05) is 0 Å². The van der Waals surface area contributed by atoms with Gasteiger partial charge in [-0.25, -0.2) is 16.5 Å². The van der Waals surface area contributed by atoms with Gasteiger partial charge in [-0.3, -0.25) is 10.2 Å². The van der Waals surface area contributed by atoms with Gasteiger partial charge in [-0.05, 0) is 0 Å². The van der Waals surface area contributed by atoms with E-state index in [0.29, 0.717) is 5.43 Å². The average molecular weight is 334 g/mol. The van der Waals surface area contributed by atoms with Crippen LogP contribution in [0.15, 0.2) is 0 Å². The molecule has 7 nitrogen and oxygen atoms in total. The number of hydrogen-bond acceptors (Lipinski definition) is 5. The van der Waals surface area contributed by atoms with Crippen LogP contribution in [0, 0.1) is 0 Å². The van der Waals surface area contributed by atoms with Crippen LogP contribution in [0.5, 0.6) is 0 Å². The molecular weight excluding hydrogens is 328 g/mol. The number of amides is 1. The molecule has 0 spiro atoms. The Morgan fingerprint density at radius 3 is 1.48 bits per heavy atom. The highest BCUT2D eigenvalue weighted by Gasteiger charge is 2.85. The van der Waals surface area contributed by atoms with Crippen molar-refractivity contribution in [1.29, 1.82) is 0 Å². The molecule has 1 amide bonds. The molecule has 0 atom stereocenters. The minimum Gasteiger partial charge on any atom is -0.477 e. The summed E-state index contributed by atoms with van der Waals surface area (Å²) in [7, 11) is 0. The molecule has 0 aliphatic rings. The topological polar surface area (TPSA) is 122 Å². The summed E-state index contributed by atoms with van der Waals surface area (Å²) in [5, 5.41) is 7.09. The molecule has 6 N–H and O–H groups in total. The third-order valence-corrected chi connectivity index (χ3v) is 1.97. The minimum absolute atomic E-state index is 0.536. The second kappa shape index (κ2) is 5.23. The van der Waals surface area contributed by atoms with Gasteiger partial charge in [0.25, 0.3) is 0 Å². The van der Waals surface area contributed by atoms with Crippen LogP contribution in [0.2, 0.25) is 0 Å². The first-order chi connectivity index (χ1) is 9.03. The van der Waals surface area contributed by atoms with Gasteiger partial charge < -0.3 is 5.11 Å². The van der Waals surface area contributed by atoms with Crippen LogP contribution in [0.1, 0.15) is 0 Å². The van der Waals surface area contributed by atoms with Gasteiger partial charge in [-0.15, -0.1) is 0 Å². The molecule has 21 heavy (non-hydrogen) atoms. The summed E-state index contributed by atoms with van der Waals surface area (Å²) in [6.07, 6.45) is 0. The Balaban J connectivity index is 5.84. The molecule has 0 bridgehead atoms. The lowest BCUT2D eigenvalue weighted by molar-refractivity contribution is -0.351. The van der Waals surface area contributed by atoms with Gasteiger partial charge in [-0.1, -0.05) is 5.23 Å². The molecule has 15 heteroatoms. The third kappa shape index (κ3) is 2.84. The Morgan fingerprint density at radius 2 is 1.19 bits per heavy atom. The van der Waals surface area contributed by atoms with Gasteiger partial charge in [0.1, 0.15) is 0 Å². The highest BCUT2D eigenvalue weighted by Crippen LogP contribution is 2.52. The first kappa shape index (κ1) is 19.3. The van der Waals surface area contributed by atoms with E-state index in [1.807, 2.05) is 0 Å². The van der Waals surface area contributed by atoms with Gasteiger partial charge >= 0.3 is 35.6 Å². The molecule has 0 aromatic heterocycles. The maximum atomic E-state index is 12.9. The van der Waals surface area contributed by atoms with E-state index in [1.165, 1.54) is 0 Å². The standard InChI is InChI=1S/C6H6F8N4O3/c7-3(8,1(19)17-18(15)16)5(11,12)6(13,14)4(9,10)2(20)21/h15-16H2,(H,17,19)(H,20,21). The van der Waals surface area contributed by atoms with Crippen LogP contribution in [0.25, 0.3) is 0 Å². The first-order valence-electron chi connectivity index (χ1n) is 4.38. The number of carbonyl (C=O) groups excluding carboxylic acids is 1. The summed E-state index contributed by atoms with van der Waals surface area (Å²) >= 11 is 0. The molecule has 0 radical (unpaired) electrons. The van der Waals surface area contributed by atoms with Crippen LogP contribution in [-0.2, 0) is 9.59 Å². The fraction of sp³-hybridized carbons (Fsp3) is 0.667. The number of alkyl halides is 8. The summed E-state index contributed by atoms with van der Waals surface area (Å²) in [6, 6.07) is 0. The minimum atomic E-state index is -7.11. The monoisotopic (exact) mass is 334 g/mol. The van der Waals surface area contributed by atoms with Gasteiger partial charge in [0.15, 0.2) is 0 Å². The fourth-order valence-corrected chi connectivity index (χ4v) is 0.859. The number of nitrogens with one attached hydrogen (secondary N) is 1. The molecule has 0 rings (SSSR count). The van der Waals surface area contributed by atoms with Crippen molar-refractivity contribution < 1.29 is 49.8 Å². The van der Waals surface area contributed by atoms with E-state index in [4.69, 9.17) is 5.11 Å². The van der Waals surface area contributed by atoms with Crippen molar-refractivity contribution >= 4 is 11.9 Å². The zero-order chi connectivity index (χ0) is 17.4. The Hall–Kier alpha value is -1.74. The molecule has 0 fully saturated rings. The van der Waals surface area contributed by atoms with E-state index in [0.717, 1.165) is 0 Å². The molecule has 0 heterocycles. The van der Waals surface area contributed by atoms with Gasteiger partial charge in [0.2, 0.25) is 0 Å². The zero-order valence-corrected chi connectivity index (χ0v) is 9.39. The fourth-order valence-electron chi connectivity index (χ4n) is 0.859. The molecule has 0 aliphatic carbocycles. The number of carbonyl (C=O) groups is 2. The van der Waals surface area contributed by atoms with E-state index in [1.54, 1.807) is 0 Å². The molecular formula is C6H6F8N4O3. The Morgan fingerprint density at radius 1 is 0.857 bits per heavy atom. The van der Waals surface area contributed by atoms with E-state index < -0.39 is 40.8 Å². The predicted octanol–water partition coefficient (Wildman–Crippen LogP) is -0.307. The molecule has 0 saturated carbocycles. The third-order valence-electron chi connectivity index (χ3n) is 1.97. The maximum absolute atomic E-state index is 12.9. The normalized spacial score (nSPS) is 14.2. The molecule has 0 aliphatic heterocycles. The second-order valence-corrected chi connectivity index (χ2v) is 3.45. The quantitative estimate of drug-likeness (QED) is 0.300. The second-order valence-electron chi connectivity index (χ2n) is 3.45. The van der Waals surface area contributed by atoms with Crippen molar-refractivity contribution in [2.75, 3.05) is 0 Å². The molecule has 0 aromatic carbocycles. The SMILES string of the molecule is NN(N)NC(=O)C(F)(F)C(F)(F)C(F)(F)C(F)(F)C(=O)O. The van der Waals surface area contributed by atoms with Gasteiger partial charge in [0.05, 0.1) is 0 Å². The molecule has 0 aromatic rings. The van der Waals surface area contributed by atoms with Crippen LogP contribution < -0.4 is 17.1 Å². The number of rotatable bonds is 6. The van der Waals surface area contributed by atoms with Crippen molar-refractivity contribution in [3.05, 3.63) is 0 Å². The first-order valence-corrected chi connectivity index (χ1v) is 4.38. The number of hydrazine groups is 3. The lowest BCUT2D eigenvalue weighted by Crippen LogP contribution is -2.69. The number of carboxylic acid groups (broad SMARTS) is 1.